The van der Waals surface area contributed by atoms with E-state index in [4.69, 9.17) is 4.42 Å². The number of likely N-dealkylation sites (tertiary alicyclic amines) is 1. The van der Waals surface area contributed by atoms with E-state index in [-0.39, 0.29) is 23.4 Å². The number of piperidine rings is 1. The molecule has 0 atom stereocenters. The third kappa shape index (κ3) is 5.64. The molecule has 0 saturated carbocycles. The number of urea groups is 1. The number of carbonyl (C=O) groups is 3. The lowest BCUT2D eigenvalue weighted by atomic mass is 10.1. The van der Waals surface area contributed by atoms with Crippen LogP contribution in [0.25, 0.3) is 0 Å². The van der Waals surface area contributed by atoms with Gasteiger partial charge in [0, 0.05) is 50.6 Å². The van der Waals surface area contributed by atoms with Gasteiger partial charge >= 0.3 is 6.03 Å². The SMILES string of the molecule is O=C(Nc1ccc(N2CCN(C(=O)Nc3ccccc3F)CC2)c(C(=O)N2CCCCC2)c1)c1ccco1. The molecule has 0 radical (unpaired) electrons. The normalized spacial score (nSPS) is 15.8. The minimum atomic E-state index is -0.486. The lowest BCUT2D eigenvalue weighted by Crippen LogP contribution is -2.50. The van der Waals surface area contributed by atoms with E-state index in [0.29, 0.717) is 50.5 Å². The number of hydrogen-bond donors (Lipinski definition) is 2. The molecule has 1 aromatic heterocycles. The van der Waals surface area contributed by atoms with Gasteiger partial charge in [0.05, 0.1) is 17.5 Å². The van der Waals surface area contributed by atoms with Gasteiger partial charge in [0.25, 0.3) is 11.8 Å². The molecule has 4 amide bonds. The largest absolute Gasteiger partial charge is 0.459 e. The van der Waals surface area contributed by atoms with Crippen molar-refractivity contribution in [2.45, 2.75) is 19.3 Å². The summed E-state index contributed by atoms with van der Waals surface area (Å²) in [5.74, 6) is -0.774. The Hall–Kier alpha value is -4.34. The van der Waals surface area contributed by atoms with E-state index in [1.165, 1.54) is 18.4 Å². The molecule has 2 fully saturated rings. The molecule has 198 valence electrons. The first-order valence-corrected chi connectivity index (χ1v) is 12.8. The van der Waals surface area contributed by atoms with Gasteiger partial charge in [-0.15, -0.1) is 0 Å². The zero-order chi connectivity index (χ0) is 26.5. The Bertz CT molecular complexity index is 1300. The van der Waals surface area contributed by atoms with Gasteiger partial charge in [-0.05, 0) is 61.7 Å². The topological polar surface area (TPSA) is 98.1 Å². The van der Waals surface area contributed by atoms with Crippen molar-refractivity contribution in [1.29, 1.82) is 0 Å². The predicted octanol–water partition coefficient (Wildman–Crippen LogP) is 4.65. The number of anilines is 3. The maximum absolute atomic E-state index is 14.0. The Balaban J connectivity index is 1.32. The summed E-state index contributed by atoms with van der Waals surface area (Å²) in [7, 11) is 0. The highest BCUT2D eigenvalue weighted by Gasteiger charge is 2.27. The van der Waals surface area contributed by atoms with Crippen LogP contribution in [0.5, 0.6) is 0 Å². The number of piperazine rings is 1. The van der Waals surface area contributed by atoms with E-state index in [1.807, 2.05) is 11.0 Å². The maximum atomic E-state index is 14.0. The monoisotopic (exact) mass is 519 g/mol. The third-order valence-electron chi connectivity index (χ3n) is 6.90. The summed E-state index contributed by atoms with van der Waals surface area (Å²) in [5, 5.41) is 5.44. The molecule has 2 aliphatic rings. The average Bonchev–Trinajstić information content (AvgIpc) is 3.50. The summed E-state index contributed by atoms with van der Waals surface area (Å²) in [6.45, 7) is 3.23. The highest BCUT2D eigenvalue weighted by Crippen LogP contribution is 2.28. The first-order valence-electron chi connectivity index (χ1n) is 12.8. The van der Waals surface area contributed by atoms with Crippen LogP contribution in [-0.2, 0) is 0 Å². The molecule has 10 heteroatoms. The Morgan fingerprint density at radius 2 is 1.55 bits per heavy atom. The molecule has 2 N–H and O–H groups in total. The molecule has 38 heavy (non-hydrogen) atoms. The van der Waals surface area contributed by atoms with E-state index in [0.717, 1.165) is 24.9 Å². The maximum Gasteiger partial charge on any atom is 0.322 e. The molecule has 0 spiro atoms. The van der Waals surface area contributed by atoms with Crippen molar-refractivity contribution in [3.05, 3.63) is 78.0 Å². The zero-order valence-corrected chi connectivity index (χ0v) is 21.0. The van der Waals surface area contributed by atoms with Crippen molar-refractivity contribution in [3.63, 3.8) is 0 Å². The quantitative estimate of drug-likeness (QED) is 0.511. The molecule has 9 nitrogen and oxygen atoms in total. The van der Waals surface area contributed by atoms with Gasteiger partial charge < -0.3 is 29.8 Å². The van der Waals surface area contributed by atoms with Crippen LogP contribution in [0.4, 0.5) is 26.2 Å². The fraction of sp³-hybridized carbons (Fsp3) is 0.321. The highest BCUT2D eigenvalue weighted by atomic mass is 19.1. The second-order valence-corrected chi connectivity index (χ2v) is 9.40. The lowest BCUT2D eigenvalue weighted by Gasteiger charge is -2.37. The molecule has 2 aromatic carbocycles. The van der Waals surface area contributed by atoms with Crippen molar-refractivity contribution in [3.8, 4) is 0 Å². The molecule has 3 heterocycles. The molecule has 0 bridgehead atoms. The molecule has 0 unspecified atom stereocenters. The van der Waals surface area contributed by atoms with Crippen LogP contribution >= 0.6 is 0 Å². The Morgan fingerprint density at radius 3 is 2.26 bits per heavy atom. The van der Waals surface area contributed by atoms with Crippen molar-refractivity contribution in [2.24, 2.45) is 0 Å². The lowest BCUT2D eigenvalue weighted by molar-refractivity contribution is 0.0724. The summed E-state index contributed by atoms with van der Waals surface area (Å²) in [4.78, 5) is 44.4. The molecule has 5 rings (SSSR count). The number of nitrogens with zero attached hydrogens (tertiary/aromatic N) is 3. The number of benzene rings is 2. The number of amides is 4. The molecule has 3 aromatic rings. The van der Waals surface area contributed by atoms with Gasteiger partial charge in [-0.1, -0.05) is 12.1 Å². The van der Waals surface area contributed by atoms with Gasteiger partial charge in [0.2, 0.25) is 0 Å². The highest BCUT2D eigenvalue weighted by molar-refractivity contribution is 6.05. The van der Waals surface area contributed by atoms with Gasteiger partial charge in [0.15, 0.2) is 5.76 Å². The zero-order valence-electron chi connectivity index (χ0n) is 21.0. The minimum Gasteiger partial charge on any atom is -0.459 e. The van der Waals surface area contributed by atoms with Gasteiger partial charge in [-0.3, -0.25) is 9.59 Å². The van der Waals surface area contributed by atoms with Crippen LogP contribution in [0.1, 0.15) is 40.2 Å². The van der Waals surface area contributed by atoms with Crippen LogP contribution in [0.3, 0.4) is 0 Å². The smallest absolute Gasteiger partial charge is 0.322 e. The summed E-state index contributed by atoms with van der Waals surface area (Å²) < 4.78 is 19.1. The number of para-hydroxylation sites is 1. The number of nitrogens with one attached hydrogen (secondary N) is 2. The minimum absolute atomic E-state index is 0.0754. The Kier molecular flexibility index (Phi) is 7.57. The van der Waals surface area contributed by atoms with Gasteiger partial charge in [-0.25, -0.2) is 9.18 Å². The van der Waals surface area contributed by atoms with E-state index >= 15 is 0 Å². The standard InChI is InChI=1S/C28H30FN5O4/c29-22-7-2-3-8-23(22)31-28(37)34-16-14-32(15-17-34)24-11-10-20(30-26(35)25-9-6-18-38-25)19-21(24)27(36)33-12-4-1-5-13-33/h2-3,6-11,18-19H,1,4-5,12-17H2,(H,30,35)(H,31,37). The van der Waals surface area contributed by atoms with E-state index in [9.17, 15) is 18.8 Å². The average molecular weight is 520 g/mol. The van der Waals surface area contributed by atoms with Crippen LogP contribution < -0.4 is 15.5 Å². The summed E-state index contributed by atoms with van der Waals surface area (Å²) in [5.41, 5.74) is 1.90. The number of furan rings is 1. The Morgan fingerprint density at radius 1 is 0.789 bits per heavy atom. The van der Waals surface area contributed by atoms with E-state index in [2.05, 4.69) is 15.5 Å². The Labute approximate surface area is 220 Å². The van der Waals surface area contributed by atoms with Crippen molar-refractivity contribution in [2.75, 3.05) is 54.8 Å². The third-order valence-corrected chi connectivity index (χ3v) is 6.90. The second kappa shape index (κ2) is 11.4. The number of halogens is 1. The van der Waals surface area contributed by atoms with Crippen molar-refractivity contribution < 1.29 is 23.2 Å². The van der Waals surface area contributed by atoms with Crippen LogP contribution in [0, 0.1) is 5.82 Å². The first kappa shape index (κ1) is 25.3. The molecule has 0 aliphatic carbocycles. The fourth-order valence-corrected chi connectivity index (χ4v) is 4.84. The fourth-order valence-electron chi connectivity index (χ4n) is 4.84. The predicted molar refractivity (Wildman–Crippen MR) is 142 cm³/mol. The van der Waals surface area contributed by atoms with Crippen molar-refractivity contribution in [1.82, 2.24) is 9.80 Å². The molecular formula is C28H30FN5O4. The molecule has 2 aliphatic heterocycles. The molecule has 2 saturated heterocycles. The first-order chi connectivity index (χ1) is 18.5. The van der Waals surface area contributed by atoms with E-state index in [1.54, 1.807) is 41.3 Å². The second-order valence-electron chi connectivity index (χ2n) is 9.40. The summed E-state index contributed by atoms with van der Waals surface area (Å²) in [6.07, 6.45) is 4.46. The van der Waals surface area contributed by atoms with E-state index < -0.39 is 11.7 Å². The number of carbonyl (C=O) groups excluding carboxylic acids is 3. The van der Waals surface area contributed by atoms with Crippen LogP contribution in [0.15, 0.2) is 65.3 Å². The summed E-state index contributed by atoms with van der Waals surface area (Å²) in [6, 6.07) is 14.2. The van der Waals surface area contributed by atoms with Crippen LogP contribution in [0.2, 0.25) is 0 Å². The van der Waals surface area contributed by atoms with Gasteiger partial charge in [-0.2, -0.15) is 0 Å². The van der Waals surface area contributed by atoms with Crippen molar-refractivity contribution >= 4 is 34.9 Å². The summed E-state index contributed by atoms with van der Waals surface area (Å²) >= 11 is 0. The van der Waals surface area contributed by atoms with Crippen LogP contribution in [-0.4, -0.2) is 66.9 Å². The number of hydrogen-bond acceptors (Lipinski definition) is 5. The van der Waals surface area contributed by atoms with Gasteiger partial charge in [0.1, 0.15) is 5.82 Å². The number of rotatable bonds is 5. The molecular weight excluding hydrogens is 489 g/mol.